The number of amides is 1. The van der Waals surface area contributed by atoms with E-state index < -0.39 is 6.04 Å². The Hall–Kier alpha value is -2.66. The smallest absolute Gasteiger partial charge is 0.329 e. The fourth-order valence-electron chi connectivity index (χ4n) is 3.75. The van der Waals surface area contributed by atoms with Crippen LogP contribution in [0.25, 0.3) is 0 Å². The molecule has 1 aliphatic heterocycles. The quantitative estimate of drug-likeness (QED) is 0.505. The highest BCUT2D eigenvalue weighted by molar-refractivity contribution is 5.88. The lowest BCUT2D eigenvalue weighted by Crippen LogP contribution is -2.51. The van der Waals surface area contributed by atoms with Crippen molar-refractivity contribution >= 4 is 11.9 Å². The minimum Gasteiger partial charge on any atom is -0.464 e. The van der Waals surface area contributed by atoms with Gasteiger partial charge >= 0.3 is 5.97 Å². The number of carbonyl (C=O) groups is 2. The van der Waals surface area contributed by atoms with E-state index in [0.717, 1.165) is 43.4 Å². The van der Waals surface area contributed by atoms with Gasteiger partial charge in [-0.3, -0.25) is 4.79 Å². The lowest BCUT2D eigenvalue weighted by molar-refractivity contribution is -0.148. The van der Waals surface area contributed by atoms with Crippen molar-refractivity contribution in [3.63, 3.8) is 0 Å². The highest BCUT2D eigenvalue weighted by atomic mass is 16.5. The van der Waals surface area contributed by atoms with E-state index in [1.165, 1.54) is 0 Å². The summed E-state index contributed by atoms with van der Waals surface area (Å²) in [4.78, 5) is 26.0. The Balaban J connectivity index is 1.92. The van der Waals surface area contributed by atoms with Crippen molar-refractivity contribution in [1.82, 2.24) is 10.6 Å². The van der Waals surface area contributed by atoms with Gasteiger partial charge in [0.25, 0.3) is 0 Å². The molecule has 5 nitrogen and oxygen atoms in total. The molecule has 0 aliphatic carbocycles. The zero-order valence-corrected chi connectivity index (χ0v) is 17.0. The van der Waals surface area contributed by atoms with Gasteiger partial charge in [-0.2, -0.15) is 0 Å². The fraction of sp³-hybridized carbons (Fsp3) is 0.417. The predicted octanol–water partition coefficient (Wildman–Crippen LogP) is 3.40. The number of esters is 1. The van der Waals surface area contributed by atoms with E-state index in [1.807, 2.05) is 60.7 Å². The van der Waals surface area contributed by atoms with E-state index >= 15 is 0 Å². The molecule has 0 bridgehead atoms. The molecular weight excluding hydrogens is 364 g/mol. The van der Waals surface area contributed by atoms with Gasteiger partial charge < -0.3 is 15.4 Å². The van der Waals surface area contributed by atoms with Gasteiger partial charge in [0.1, 0.15) is 6.04 Å². The van der Waals surface area contributed by atoms with Crippen LogP contribution in [0.15, 0.2) is 60.7 Å². The monoisotopic (exact) mass is 394 g/mol. The summed E-state index contributed by atoms with van der Waals surface area (Å²) in [6.45, 7) is 3.24. The lowest BCUT2D eigenvalue weighted by atomic mass is 9.84. The van der Waals surface area contributed by atoms with Crippen LogP contribution in [0.2, 0.25) is 0 Å². The molecule has 2 N–H and O–H groups in total. The summed E-state index contributed by atoms with van der Waals surface area (Å²) in [5, 5.41) is 6.21. The first-order valence-electron chi connectivity index (χ1n) is 10.5. The number of nitrogens with one attached hydrogen (secondary N) is 2. The molecule has 154 valence electrons. The zero-order valence-electron chi connectivity index (χ0n) is 17.0. The molecule has 1 heterocycles. The predicted molar refractivity (Wildman–Crippen MR) is 114 cm³/mol. The number of benzene rings is 2. The SMILES string of the molecule is CCCCOC(=O)[C@@H](NC(=O)[C@@H]1CCCN1)C(c1ccccc1)c1ccccc1. The maximum Gasteiger partial charge on any atom is 0.329 e. The third-order valence-corrected chi connectivity index (χ3v) is 5.32. The van der Waals surface area contributed by atoms with Crippen LogP contribution in [0.3, 0.4) is 0 Å². The summed E-state index contributed by atoms with van der Waals surface area (Å²) in [6, 6.07) is 18.6. The molecule has 0 radical (unpaired) electrons. The van der Waals surface area contributed by atoms with E-state index in [9.17, 15) is 9.59 Å². The molecule has 0 aromatic heterocycles. The number of unbranched alkanes of at least 4 members (excludes halogenated alkanes) is 1. The first-order valence-corrected chi connectivity index (χ1v) is 10.5. The van der Waals surface area contributed by atoms with Gasteiger partial charge in [0.2, 0.25) is 5.91 Å². The molecule has 1 saturated heterocycles. The van der Waals surface area contributed by atoms with Crippen LogP contribution in [0, 0.1) is 0 Å². The Morgan fingerprint density at radius 3 is 2.21 bits per heavy atom. The standard InChI is InChI=1S/C24H30N2O3/c1-2-3-17-29-24(28)22(26-23(27)20-15-10-16-25-20)21(18-11-6-4-7-12-18)19-13-8-5-9-14-19/h4-9,11-14,20-22,25H,2-3,10,15-17H2,1H3,(H,26,27)/t20-,22-/m0/s1. The molecule has 29 heavy (non-hydrogen) atoms. The molecule has 2 aromatic carbocycles. The molecular formula is C24H30N2O3. The highest BCUT2D eigenvalue weighted by Gasteiger charge is 2.35. The van der Waals surface area contributed by atoms with Crippen molar-refractivity contribution in [2.24, 2.45) is 0 Å². The Labute approximate surface area is 172 Å². The van der Waals surface area contributed by atoms with Crippen molar-refractivity contribution in [3.8, 4) is 0 Å². The van der Waals surface area contributed by atoms with E-state index in [1.54, 1.807) is 0 Å². The maximum absolute atomic E-state index is 13.1. The average molecular weight is 395 g/mol. The molecule has 3 rings (SSSR count). The van der Waals surface area contributed by atoms with Gasteiger partial charge in [-0.15, -0.1) is 0 Å². The number of rotatable bonds is 9. The van der Waals surface area contributed by atoms with Crippen molar-refractivity contribution in [3.05, 3.63) is 71.8 Å². The van der Waals surface area contributed by atoms with Crippen LogP contribution in [0.4, 0.5) is 0 Å². The van der Waals surface area contributed by atoms with Crippen LogP contribution >= 0.6 is 0 Å². The van der Waals surface area contributed by atoms with Crippen LogP contribution in [-0.2, 0) is 14.3 Å². The van der Waals surface area contributed by atoms with Crippen LogP contribution < -0.4 is 10.6 Å². The van der Waals surface area contributed by atoms with Gasteiger partial charge in [0, 0.05) is 5.92 Å². The Morgan fingerprint density at radius 1 is 1.07 bits per heavy atom. The third-order valence-electron chi connectivity index (χ3n) is 5.32. The summed E-state index contributed by atoms with van der Waals surface area (Å²) in [5.74, 6) is -0.851. The Morgan fingerprint density at radius 2 is 1.69 bits per heavy atom. The van der Waals surface area contributed by atoms with Crippen LogP contribution in [0.5, 0.6) is 0 Å². The van der Waals surface area contributed by atoms with E-state index in [0.29, 0.717) is 6.61 Å². The molecule has 1 fully saturated rings. The van der Waals surface area contributed by atoms with Gasteiger partial charge in [-0.25, -0.2) is 4.79 Å². The number of ether oxygens (including phenoxy) is 1. The highest BCUT2D eigenvalue weighted by Crippen LogP contribution is 2.29. The summed E-state index contributed by atoms with van der Waals surface area (Å²) in [5.41, 5.74) is 1.94. The normalized spacial score (nSPS) is 17.1. The first-order chi connectivity index (χ1) is 14.2. The van der Waals surface area contributed by atoms with Crippen molar-refractivity contribution in [2.75, 3.05) is 13.2 Å². The molecule has 1 amide bonds. The molecule has 0 unspecified atom stereocenters. The lowest BCUT2D eigenvalue weighted by Gasteiger charge is -2.28. The van der Waals surface area contributed by atoms with Crippen molar-refractivity contribution in [1.29, 1.82) is 0 Å². The van der Waals surface area contributed by atoms with Gasteiger partial charge in [0.05, 0.1) is 12.6 Å². The molecule has 1 aliphatic rings. The summed E-state index contributed by atoms with van der Waals surface area (Å²) in [7, 11) is 0. The van der Waals surface area contributed by atoms with Crippen molar-refractivity contribution in [2.45, 2.75) is 50.6 Å². The number of carbonyl (C=O) groups excluding carboxylic acids is 2. The first kappa shape index (κ1) is 21.1. The van der Waals surface area contributed by atoms with Crippen LogP contribution in [-0.4, -0.2) is 37.1 Å². The molecule has 5 heteroatoms. The minimum atomic E-state index is -0.786. The molecule has 2 atom stereocenters. The maximum atomic E-state index is 13.1. The second kappa shape index (κ2) is 10.8. The summed E-state index contributed by atoms with van der Waals surface area (Å²) >= 11 is 0. The van der Waals surface area contributed by atoms with Crippen LogP contribution in [0.1, 0.15) is 49.7 Å². The topological polar surface area (TPSA) is 67.4 Å². The number of hydrogen-bond donors (Lipinski definition) is 2. The third kappa shape index (κ3) is 5.67. The molecule has 0 saturated carbocycles. The molecule has 0 spiro atoms. The summed E-state index contributed by atoms with van der Waals surface area (Å²) in [6.07, 6.45) is 3.49. The average Bonchev–Trinajstić information content (AvgIpc) is 3.30. The zero-order chi connectivity index (χ0) is 20.5. The van der Waals surface area contributed by atoms with Crippen molar-refractivity contribution < 1.29 is 14.3 Å². The summed E-state index contributed by atoms with van der Waals surface area (Å²) < 4.78 is 5.56. The van der Waals surface area contributed by atoms with Gasteiger partial charge in [-0.05, 0) is 36.9 Å². The minimum absolute atomic E-state index is 0.142. The number of hydrogen-bond acceptors (Lipinski definition) is 4. The van der Waals surface area contributed by atoms with E-state index in [-0.39, 0.29) is 23.8 Å². The Kier molecular flexibility index (Phi) is 7.82. The second-order valence-corrected chi connectivity index (χ2v) is 7.46. The van der Waals surface area contributed by atoms with Gasteiger partial charge in [-0.1, -0.05) is 74.0 Å². The van der Waals surface area contributed by atoms with E-state index in [2.05, 4.69) is 17.6 Å². The fourth-order valence-corrected chi connectivity index (χ4v) is 3.75. The second-order valence-electron chi connectivity index (χ2n) is 7.46. The largest absolute Gasteiger partial charge is 0.464 e. The van der Waals surface area contributed by atoms with Gasteiger partial charge in [0.15, 0.2) is 0 Å². The Bertz CT molecular complexity index is 734. The van der Waals surface area contributed by atoms with E-state index in [4.69, 9.17) is 4.74 Å². The molecule has 2 aromatic rings.